The predicted molar refractivity (Wildman–Crippen MR) is 258 cm³/mol. The molecule has 0 radical (unpaired) electrons. The van der Waals surface area contributed by atoms with E-state index in [1.165, 1.54) is 83.1 Å². The molecule has 0 N–H and O–H groups in total. The molecule has 1 heteroatoms. The van der Waals surface area contributed by atoms with Crippen molar-refractivity contribution in [3.8, 4) is 55.6 Å². The lowest BCUT2D eigenvalue weighted by molar-refractivity contribution is 0.714. The molecule has 10 aromatic rings. The highest BCUT2D eigenvalue weighted by Gasteiger charge is 2.42. The van der Waals surface area contributed by atoms with Gasteiger partial charge >= 0.3 is 0 Å². The van der Waals surface area contributed by atoms with Gasteiger partial charge in [-0.1, -0.05) is 212 Å². The first-order valence-electron chi connectivity index (χ1n) is 21.2. The van der Waals surface area contributed by atoms with Crippen molar-refractivity contribution in [3.05, 3.63) is 259 Å². The Morgan fingerprint density at radius 1 is 0.311 bits per heavy atom. The first kappa shape index (κ1) is 36.3. The third kappa shape index (κ3) is 6.34. The molecule has 0 saturated heterocycles. The fourth-order valence-corrected chi connectivity index (χ4v) is 9.63. The average molecular weight is 778 g/mol. The maximum Gasteiger partial charge on any atom is 0.0543 e. The normalized spacial score (nSPS) is 14.0. The van der Waals surface area contributed by atoms with E-state index in [4.69, 9.17) is 0 Å². The van der Waals surface area contributed by atoms with Crippen LogP contribution < -0.4 is 4.90 Å². The SMILES string of the molecule is CC1(c2ccccc2)c2ccccc2-c2c(N(c3cccc(-c4ccc(-c5ccc6ccccc6c5)cc4)c3)c3ccccc3-c3ccc(-c4ccccc4)cc3)cccc21. The van der Waals surface area contributed by atoms with Gasteiger partial charge in [-0.2, -0.15) is 0 Å². The van der Waals surface area contributed by atoms with Crippen molar-refractivity contribution in [2.45, 2.75) is 12.3 Å². The Bertz CT molecular complexity index is 3180. The van der Waals surface area contributed by atoms with Crippen LogP contribution in [0.1, 0.15) is 23.6 Å². The van der Waals surface area contributed by atoms with E-state index in [0.29, 0.717) is 0 Å². The van der Waals surface area contributed by atoms with E-state index < -0.39 is 0 Å². The van der Waals surface area contributed by atoms with Gasteiger partial charge in [0.1, 0.15) is 0 Å². The number of hydrogen-bond donors (Lipinski definition) is 0. The monoisotopic (exact) mass is 777 g/mol. The third-order valence-corrected chi connectivity index (χ3v) is 12.8. The molecular weight excluding hydrogens is 735 g/mol. The molecule has 11 rings (SSSR count). The van der Waals surface area contributed by atoms with Gasteiger partial charge in [-0.05, 0) is 109 Å². The highest BCUT2D eigenvalue weighted by Crippen LogP contribution is 2.57. The van der Waals surface area contributed by atoms with Gasteiger partial charge < -0.3 is 4.90 Å². The van der Waals surface area contributed by atoms with E-state index in [-0.39, 0.29) is 5.41 Å². The molecule has 288 valence electrons. The molecule has 0 amide bonds. The van der Waals surface area contributed by atoms with Crippen LogP contribution in [0.15, 0.2) is 243 Å². The molecule has 0 aliphatic heterocycles. The molecule has 1 unspecified atom stereocenters. The van der Waals surface area contributed by atoms with E-state index in [0.717, 1.165) is 17.1 Å². The van der Waals surface area contributed by atoms with Crippen LogP contribution in [0, 0.1) is 0 Å². The number of fused-ring (bicyclic) bond motifs is 4. The molecule has 1 atom stereocenters. The summed E-state index contributed by atoms with van der Waals surface area (Å²) < 4.78 is 0. The Morgan fingerprint density at radius 2 is 0.803 bits per heavy atom. The lowest BCUT2D eigenvalue weighted by atomic mass is 9.74. The van der Waals surface area contributed by atoms with Gasteiger partial charge in [0, 0.05) is 22.2 Å². The fourth-order valence-electron chi connectivity index (χ4n) is 9.63. The van der Waals surface area contributed by atoms with Crippen molar-refractivity contribution >= 4 is 27.8 Å². The molecule has 0 spiro atoms. The van der Waals surface area contributed by atoms with Crippen molar-refractivity contribution in [3.63, 3.8) is 0 Å². The zero-order chi connectivity index (χ0) is 40.8. The van der Waals surface area contributed by atoms with Gasteiger partial charge in [-0.25, -0.2) is 0 Å². The summed E-state index contributed by atoms with van der Waals surface area (Å²) in [6.45, 7) is 2.39. The summed E-state index contributed by atoms with van der Waals surface area (Å²) in [6, 6.07) is 88.8. The van der Waals surface area contributed by atoms with Gasteiger partial charge in [0.2, 0.25) is 0 Å². The van der Waals surface area contributed by atoms with Crippen LogP contribution in [0.5, 0.6) is 0 Å². The molecule has 1 aliphatic rings. The minimum absolute atomic E-state index is 0.323. The molecule has 0 fully saturated rings. The van der Waals surface area contributed by atoms with Gasteiger partial charge in [-0.15, -0.1) is 0 Å². The predicted octanol–water partition coefficient (Wildman–Crippen LogP) is 16.3. The largest absolute Gasteiger partial charge is 0.309 e. The van der Waals surface area contributed by atoms with Crippen molar-refractivity contribution < 1.29 is 0 Å². The molecule has 0 aromatic heterocycles. The van der Waals surface area contributed by atoms with Crippen LogP contribution in [-0.2, 0) is 5.41 Å². The lowest BCUT2D eigenvalue weighted by Gasteiger charge is -2.32. The highest BCUT2D eigenvalue weighted by atomic mass is 15.1. The second-order valence-electron chi connectivity index (χ2n) is 16.2. The smallest absolute Gasteiger partial charge is 0.0543 e. The molecule has 1 aliphatic carbocycles. The van der Waals surface area contributed by atoms with E-state index in [1.807, 2.05) is 0 Å². The Labute approximate surface area is 358 Å². The summed E-state index contributed by atoms with van der Waals surface area (Å²) >= 11 is 0. The first-order valence-corrected chi connectivity index (χ1v) is 21.2. The van der Waals surface area contributed by atoms with E-state index >= 15 is 0 Å². The zero-order valence-electron chi connectivity index (χ0n) is 34.0. The highest BCUT2D eigenvalue weighted by molar-refractivity contribution is 5.99. The number of rotatable bonds is 8. The van der Waals surface area contributed by atoms with Crippen LogP contribution in [0.3, 0.4) is 0 Å². The minimum atomic E-state index is -0.323. The maximum absolute atomic E-state index is 2.50. The van der Waals surface area contributed by atoms with Gasteiger partial charge in [-0.3, -0.25) is 0 Å². The summed E-state index contributed by atoms with van der Waals surface area (Å²) in [6.07, 6.45) is 0. The van der Waals surface area contributed by atoms with Crippen LogP contribution >= 0.6 is 0 Å². The Kier molecular flexibility index (Phi) is 9.02. The summed E-state index contributed by atoms with van der Waals surface area (Å²) in [5.74, 6) is 0. The standard InChI is InChI=1S/C60H43N/c1-60(51-21-6-3-7-22-51)55-26-12-10-25-54(55)59-56(60)27-15-29-58(59)61(57-28-13-11-24-53(57)47-37-34-44(35-38-47)42-16-4-2-5-17-42)52-23-14-20-49(41-52)45-30-32-46(33-31-45)50-39-36-43-18-8-9-19-48(43)40-50/h2-41H,1H3. The van der Waals surface area contributed by atoms with Crippen LogP contribution in [0.25, 0.3) is 66.4 Å². The fraction of sp³-hybridized carbons (Fsp3) is 0.0333. The van der Waals surface area contributed by atoms with Crippen LogP contribution in [0.2, 0.25) is 0 Å². The number of para-hydroxylation sites is 1. The van der Waals surface area contributed by atoms with E-state index in [9.17, 15) is 0 Å². The zero-order valence-corrected chi connectivity index (χ0v) is 34.0. The molecular formula is C60H43N. The lowest BCUT2D eigenvalue weighted by Crippen LogP contribution is -2.22. The molecule has 1 nitrogen and oxygen atoms in total. The molecule has 61 heavy (non-hydrogen) atoms. The number of hydrogen-bond acceptors (Lipinski definition) is 1. The number of benzene rings is 10. The third-order valence-electron chi connectivity index (χ3n) is 12.8. The summed E-state index contributed by atoms with van der Waals surface area (Å²) in [4.78, 5) is 2.50. The van der Waals surface area contributed by atoms with E-state index in [2.05, 4.69) is 254 Å². The van der Waals surface area contributed by atoms with Gasteiger partial charge in [0.15, 0.2) is 0 Å². The van der Waals surface area contributed by atoms with Crippen molar-refractivity contribution in [1.82, 2.24) is 0 Å². The quantitative estimate of drug-likeness (QED) is 0.149. The van der Waals surface area contributed by atoms with Crippen LogP contribution in [-0.4, -0.2) is 0 Å². The van der Waals surface area contributed by atoms with Crippen molar-refractivity contribution in [2.24, 2.45) is 0 Å². The molecule has 0 saturated carbocycles. The molecule has 0 bridgehead atoms. The maximum atomic E-state index is 2.50. The molecule has 0 heterocycles. The summed E-state index contributed by atoms with van der Waals surface area (Å²) in [5.41, 5.74) is 19.1. The Balaban J connectivity index is 1.08. The Hall–Kier alpha value is -7.74. The Morgan fingerprint density at radius 3 is 1.56 bits per heavy atom. The number of nitrogens with zero attached hydrogens (tertiary/aromatic N) is 1. The number of anilines is 3. The summed E-state index contributed by atoms with van der Waals surface area (Å²) in [5, 5.41) is 2.51. The first-order chi connectivity index (χ1) is 30.1. The van der Waals surface area contributed by atoms with E-state index in [1.54, 1.807) is 0 Å². The molecule has 10 aromatic carbocycles. The minimum Gasteiger partial charge on any atom is -0.309 e. The van der Waals surface area contributed by atoms with Gasteiger partial charge in [0.25, 0.3) is 0 Å². The topological polar surface area (TPSA) is 3.24 Å². The average Bonchev–Trinajstić information content (AvgIpc) is 3.61. The summed E-state index contributed by atoms with van der Waals surface area (Å²) in [7, 11) is 0. The van der Waals surface area contributed by atoms with Crippen molar-refractivity contribution in [2.75, 3.05) is 4.90 Å². The van der Waals surface area contributed by atoms with Crippen LogP contribution in [0.4, 0.5) is 17.1 Å². The van der Waals surface area contributed by atoms with Gasteiger partial charge in [0.05, 0.1) is 11.4 Å². The second kappa shape index (κ2) is 15.1. The second-order valence-corrected chi connectivity index (χ2v) is 16.2. The van der Waals surface area contributed by atoms with Crippen molar-refractivity contribution in [1.29, 1.82) is 0 Å².